The first-order chi connectivity index (χ1) is 10.1. The summed E-state index contributed by atoms with van der Waals surface area (Å²) >= 11 is 1.38. The van der Waals surface area contributed by atoms with Crippen LogP contribution in [0.5, 0.6) is 0 Å². The number of fused-ring (bicyclic) bond motifs is 1. The summed E-state index contributed by atoms with van der Waals surface area (Å²) in [5.41, 5.74) is 0.0264. The fourth-order valence-corrected chi connectivity index (χ4v) is 3.35. The van der Waals surface area contributed by atoms with Crippen LogP contribution in [0.15, 0.2) is 29.2 Å². The number of aliphatic carboxylic acids is 1. The molecule has 1 fully saturated rings. The highest BCUT2D eigenvalue weighted by Crippen LogP contribution is 2.21. The predicted molar refractivity (Wildman–Crippen MR) is 75.0 cm³/mol. The highest BCUT2D eigenvalue weighted by atomic mass is 32.2. The Kier molecular flexibility index (Phi) is 3.42. The molecule has 2 aromatic rings. The van der Waals surface area contributed by atoms with Gasteiger partial charge in [0.25, 0.3) is 0 Å². The van der Waals surface area contributed by atoms with Gasteiger partial charge in [0.2, 0.25) is 5.91 Å². The molecule has 8 nitrogen and oxygen atoms in total. The van der Waals surface area contributed by atoms with Crippen molar-refractivity contribution in [1.29, 1.82) is 0 Å². The molecule has 0 unspecified atom stereocenters. The van der Waals surface area contributed by atoms with E-state index in [0.29, 0.717) is 17.3 Å². The van der Waals surface area contributed by atoms with Crippen LogP contribution in [0, 0.1) is 0 Å². The molecule has 1 N–H and O–H groups in total. The monoisotopic (exact) mass is 308 g/mol. The topological polar surface area (TPSA) is 96.9 Å². The molecule has 21 heavy (non-hydrogen) atoms. The highest BCUT2D eigenvalue weighted by molar-refractivity contribution is 7.99. The Morgan fingerprint density at radius 2 is 2.24 bits per heavy atom. The van der Waals surface area contributed by atoms with Crippen molar-refractivity contribution in [1.82, 2.24) is 19.1 Å². The Bertz CT molecular complexity index is 768. The highest BCUT2D eigenvalue weighted by Gasteiger charge is 2.34. The summed E-state index contributed by atoms with van der Waals surface area (Å²) in [5.74, 6) is -0.771. The van der Waals surface area contributed by atoms with E-state index in [1.54, 1.807) is 24.4 Å². The van der Waals surface area contributed by atoms with Crippen molar-refractivity contribution < 1.29 is 14.7 Å². The van der Waals surface area contributed by atoms with Gasteiger partial charge < -0.3 is 10.0 Å². The van der Waals surface area contributed by atoms with Crippen LogP contribution in [-0.4, -0.2) is 53.7 Å². The van der Waals surface area contributed by atoms with Gasteiger partial charge in [-0.25, -0.2) is 14.3 Å². The van der Waals surface area contributed by atoms with Crippen LogP contribution in [0.1, 0.15) is 0 Å². The van der Waals surface area contributed by atoms with Gasteiger partial charge in [-0.2, -0.15) is 0 Å². The number of rotatable bonds is 3. The molecule has 1 aliphatic heterocycles. The van der Waals surface area contributed by atoms with E-state index < -0.39 is 23.6 Å². The fourth-order valence-electron chi connectivity index (χ4n) is 2.18. The number of aromatic nitrogens is 3. The lowest BCUT2D eigenvalue weighted by atomic mass is 10.3. The van der Waals surface area contributed by atoms with Gasteiger partial charge in [-0.15, -0.1) is 16.9 Å². The number of thioether (sulfide) groups is 1. The minimum Gasteiger partial charge on any atom is -0.480 e. The van der Waals surface area contributed by atoms with Gasteiger partial charge in [-0.3, -0.25) is 9.20 Å². The van der Waals surface area contributed by atoms with Crippen molar-refractivity contribution in [3.05, 3.63) is 34.9 Å². The Balaban J connectivity index is 1.85. The van der Waals surface area contributed by atoms with Gasteiger partial charge in [0.05, 0.1) is 5.88 Å². The zero-order chi connectivity index (χ0) is 15.0. The number of amides is 1. The van der Waals surface area contributed by atoms with Gasteiger partial charge in [0.1, 0.15) is 12.6 Å². The summed E-state index contributed by atoms with van der Waals surface area (Å²) in [6.07, 6.45) is 1.57. The number of carboxylic acids is 1. The summed E-state index contributed by atoms with van der Waals surface area (Å²) in [5, 5.41) is 13.1. The second kappa shape index (κ2) is 5.24. The summed E-state index contributed by atoms with van der Waals surface area (Å²) in [4.78, 5) is 36.6. The molecule has 1 saturated heterocycles. The second-order valence-electron chi connectivity index (χ2n) is 4.59. The average molecular weight is 308 g/mol. The molecule has 1 amide bonds. The van der Waals surface area contributed by atoms with Crippen molar-refractivity contribution >= 4 is 29.3 Å². The van der Waals surface area contributed by atoms with E-state index in [0.717, 1.165) is 4.68 Å². The molecule has 0 radical (unpaired) electrons. The Morgan fingerprint density at radius 3 is 2.95 bits per heavy atom. The third-order valence-corrected chi connectivity index (χ3v) is 4.27. The predicted octanol–water partition coefficient (Wildman–Crippen LogP) is -0.518. The quantitative estimate of drug-likeness (QED) is 0.819. The lowest BCUT2D eigenvalue weighted by Gasteiger charge is -2.19. The molecule has 0 spiro atoms. The number of pyridine rings is 1. The molecular formula is C12H12N4O4S. The van der Waals surface area contributed by atoms with Gasteiger partial charge in [-0.05, 0) is 12.1 Å². The first-order valence-corrected chi connectivity index (χ1v) is 7.37. The molecule has 0 bridgehead atoms. The lowest BCUT2D eigenvalue weighted by Crippen LogP contribution is -2.44. The van der Waals surface area contributed by atoms with Gasteiger partial charge in [0.15, 0.2) is 5.65 Å². The maximum atomic E-state index is 12.2. The lowest BCUT2D eigenvalue weighted by molar-refractivity contribution is -0.148. The van der Waals surface area contributed by atoms with Crippen LogP contribution in [0.3, 0.4) is 0 Å². The third kappa shape index (κ3) is 2.40. The van der Waals surface area contributed by atoms with Gasteiger partial charge >= 0.3 is 11.7 Å². The van der Waals surface area contributed by atoms with E-state index in [-0.39, 0.29) is 6.54 Å². The molecule has 0 aliphatic carbocycles. The molecule has 2 aromatic heterocycles. The minimum atomic E-state index is -1.03. The molecule has 1 aliphatic rings. The zero-order valence-corrected chi connectivity index (χ0v) is 11.7. The molecule has 3 rings (SSSR count). The van der Waals surface area contributed by atoms with Crippen LogP contribution in [-0.2, 0) is 16.1 Å². The summed E-state index contributed by atoms with van der Waals surface area (Å²) < 4.78 is 2.39. The van der Waals surface area contributed by atoms with Gasteiger partial charge in [0, 0.05) is 11.9 Å². The van der Waals surface area contributed by atoms with Crippen LogP contribution in [0.4, 0.5) is 0 Å². The molecular weight excluding hydrogens is 296 g/mol. The number of carboxylic acid groups (broad SMARTS) is 1. The van der Waals surface area contributed by atoms with E-state index in [2.05, 4.69) is 5.10 Å². The van der Waals surface area contributed by atoms with Crippen LogP contribution >= 0.6 is 11.8 Å². The first-order valence-electron chi connectivity index (χ1n) is 6.22. The van der Waals surface area contributed by atoms with E-state index in [1.807, 2.05) is 0 Å². The average Bonchev–Trinajstić information content (AvgIpc) is 3.05. The van der Waals surface area contributed by atoms with E-state index in [1.165, 1.54) is 21.1 Å². The molecule has 9 heteroatoms. The van der Waals surface area contributed by atoms with E-state index in [4.69, 9.17) is 5.11 Å². The second-order valence-corrected chi connectivity index (χ2v) is 5.59. The van der Waals surface area contributed by atoms with E-state index >= 15 is 0 Å². The first kappa shape index (κ1) is 13.7. The van der Waals surface area contributed by atoms with Crippen molar-refractivity contribution in [2.24, 2.45) is 0 Å². The smallest absolute Gasteiger partial charge is 0.350 e. The van der Waals surface area contributed by atoms with Crippen molar-refractivity contribution in [2.45, 2.75) is 12.6 Å². The standard InChI is InChI=1S/C12H12N4O4S/c17-10(15-7-21-6-8(15)11(18)19)5-16-12(20)14-4-2-1-3-9(14)13-16/h1-4,8H,5-7H2,(H,18,19)/t8-/m0/s1. The third-order valence-electron chi connectivity index (χ3n) is 3.26. The number of carbonyl (C=O) groups is 2. The Labute approximate surface area is 123 Å². The van der Waals surface area contributed by atoms with Crippen LogP contribution in [0.2, 0.25) is 0 Å². The van der Waals surface area contributed by atoms with Crippen LogP contribution in [0.25, 0.3) is 5.65 Å². The van der Waals surface area contributed by atoms with E-state index in [9.17, 15) is 14.4 Å². The summed E-state index contributed by atoms with van der Waals surface area (Å²) in [6.45, 7) is -0.259. The number of nitrogens with zero attached hydrogens (tertiary/aromatic N) is 4. The number of carbonyl (C=O) groups excluding carboxylic acids is 1. The summed E-state index contributed by atoms with van der Waals surface area (Å²) in [6, 6.07) is 4.26. The fraction of sp³-hybridized carbons (Fsp3) is 0.333. The molecule has 110 valence electrons. The number of hydrogen-bond acceptors (Lipinski definition) is 5. The molecule has 3 heterocycles. The molecule has 1 atom stereocenters. The normalized spacial score (nSPS) is 18.3. The Morgan fingerprint density at radius 1 is 1.43 bits per heavy atom. The SMILES string of the molecule is O=C(O)[C@@H]1CSCN1C(=O)Cn1nc2ccccn2c1=O. The molecule has 0 saturated carbocycles. The zero-order valence-electron chi connectivity index (χ0n) is 10.9. The summed E-state index contributed by atoms with van der Waals surface area (Å²) in [7, 11) is 0. The van der Waals surface area contributed by atoms with Crippen molar-refractivity contribution in [3.8, 4) is 0 Å². The minimum absolute atomic E-state index is 0.259. The molecule has 0 aromatic carbocycles. The maximum Gasteiger partial charge on any atom is 0.350 e. The van der Waals surface area contributed by atoms with Crippen molar-refractivity contribution in [2.75, 3.05) is 11.6 Å². The van der Waals surface area contributed by atoms with Crippen molar-refractivity contribution in [3.63, 3.8) is 0 Å². The largest absolute Gasteiger partial charge is 0.480 e. The maximum absolute atomic E-state index is 12.2. The number of hydrogen-bond donors (Lipinski definition) is 1. The van der Waals surface area contributed by atoms with Crippen LogP contribution < -0.4 is 5.69 Å². The Hall–Kier alpha value is -2.29. The van der Waals surface area contributed by atoms with Gasteiger partial charge in [-0.1, -0.05) is 6.07 Å².